The molecule has 0 aliphatic carbocycles. The van der Waals surface area contributed by atoms with Crippen molar-refractivity contribution in [1.82, 2.24) is 0 Å². The van der Waals surface area contributed by atoms with Gasteiger partial charge in [-0.25, -0.2) is 4.90 Å². The quantitative estimate of drug-likeness (QED) is 0.694. The summed E-state index contributed by atoms with van der Waals surface area (Å²) in [5.41, 5.74) is 0.313. The van der Waals surface area contributed by atoms with Crippen LogP contribution in [0.3, 0.4) is 0 Å². The van der Waals surface area contributed by atoms with Gasteiger partial charge in [-0.3, -0.25) is 9.59 Å². The summed E-state index contributed by atoms with van der Waals surface area (Å²) in [6.45, 7) is 0. The molecule has 1 atom stereocenters. The number of carboxylic acid groups (broad SMARTS) is 1. The van der Waals surface area contributed by atoms with Gasteiger partial charge in [0.2, 0.25) is 11.8 Å². The van der Waals surface area contributed by atoms with Gasteiger partial charge in [-0.1, -0.05) is 18.2 Å². The summed E-state index contributed by atoms with van der Waals surface area (Å²) in [7, 11) is 2.94. The van der Waals surface area contributed by atoms with Crippen LogP contribution >= 0.6 is 11.8 Å². The maximum Gasteiger partial charge on any atom is 0.247 e. The van der Waals surface area contributed by atoms with Crippen molar-refractivity contribution in [2.24, 2.45) is 0 Å². The molecule has 0 spiro atoms. The van der Waals surface area contributed by atoms with E-state index < -0.39 is 17.1 Å². The Morgan fingerprint density at radius 1 is 1.15 bits per heavy atom. The Morgan fingerprint density at radius 3 is 2.56 bits per heavy atom. The van der Waals surface area contributed by atoms with Crippen LogP contribution in [0.15, 0.2) is 47.4 Å². The molecule has 0 saturated carbocycles. The molecule has 1 aliphatic rings. The number of carbonyl (C=O) groups excluding carboxylic acids is 3. The molecule has 1 unspecified atom stereocenters. The van der Waals surface area contributed by atoms with Gasteiger partial charge >= 0.3 is 0 Å². The smallest absolute Gasteiger partial charge is 0.247 e. The number of imide groups is 1. The summed E-state index contributed by atoms with van der Waals surface area (Å²) in [6.07, 6.45) is -0.0416. The van der Waals surface area contributed by atoms with Crippen molar-refractivity contribution in [3.05, 3.63) is 48.0 Å². The first-order chi connectivity index (χ1) is 13.0. The first-order valence-corrected chi connectivity index (χ1v) is 8.90. The van der Waals surface area contributed by atoms with Crippen LogP contribution in [0.4, 0.5) is 5.69 Å². The normalized spacial score (nSPS) is 16.5. The maximum atomic E-state index is 12.9. The van der Waals surface area contributed by atoms with Crippen molar-refractivity contribution in [3.8, 4) is 11.5 Å². The fraction of sp³-hybridized carbons (Fsp3) is 0.211. The lowest BCUT2D eigenvalue weighted by Gasteiger charge is -2.19. The highest BCUT2D eigenvalue weighted by molar-refractivity contribution is 8.00. The van der Waals surface area contributed by atoms with Crippen LogP contribution in [-0.4, -0.2) is 37.3 Å². The molecule has 2 aromatic rings. The van der Waals surface area contributed by atoms with E-state index in [4.69, 9.17) is 9.47 Å². The van der Waals surface area contributed by atoms with Gasteiger partial charge in [0.1, 0.15) is 11.5 Å². The highest BCUT2D eigenvalue weighted by Gasteiger charge is 2.41. The number of carboxylic acids is 1. The van der Waals surface area contributed by atoms with Crippen molar-refractivity contribution >= 4 is 35.2 Å². The zero-order valence-electron chi connectivity index (χ0n) is 14.6. The summed E-state index contributed by atoms with van der Waals surface area (Å²) in [5.74, 6) is -1.28. The number of anilines is 1. The molecule has 2 amide bonds. The van der Waals surface area contributed by atoms with E-state index in [9.17, 15) is 19.5 Å². The number of hydrogen-bond donors (Lipinski definition) is 0. The minimum Gasteiger partial charge on any atom is -0.545 e. The minimum atomic E-state index is -1.33. The SMILES string of the molecule is COc1ccc(N2C(=O)CC(Sc3ccccc3C(=O)[O-])C2=O)c(OC)c1. The molecule has 7 nitrogen and oxygen atoms in total. The maximum absolute atomic E-state index is 12.9. The van der Waals surface area contributed by atoms with E-state index >= 15 is 0 Å². The topological polar surface area (TPSA) is 96.0 Å². The summed E-state index contributed by atoms with van der Waals surface area (Å²) >= 11 is 1.04. The second-order valence-corrected chi connectivity index (χ2v) is 6.94. The Bertz CT molecular complexity index is 913. The molecule has 3 rings (SSSR count). The molecule has 1 heterocycles. The fourth-order valence-corrected chi connectivity index (χ4v) is 3.98. The highest BCUT2D eigenvalue weighted by Crippen LogP contribution is 2.39. The van der Waals surface area contributed by atoms with Gasteiger partial charge < -0.3 is 19.4 Å². The van der Waals surface area contributed by atoms with Crippen LogP contribution in [0.1, 0.15) is 16.8 Å². The summed E-state index contributed by atoms with van der Waals surface area (Å²) in [6, 6.07) is 11.0. The molecule has 8 heteroatoms. The molecule has 140 valence electrons. The number of benzene rings is 2. The second kappa shape index (κ2) is 7.71. The predicted molar refractivity (Wildman–Crippen MR) is 97.1 cm³/mol. The van der Waals surface area contributed by atoms with Crippen LogP contribution in [0, 0.1) is 0 Å². The Balaban J connectivity index is 1.89. The van der Waals surface area contributed by atoms with Gasteiger partial charge in [-0.15, -0.1) is 11.8 Å². The molecule has 0 radical (unpaired) electrons. The zero-order valence-corrected chi connectivity index (χ0v) is 15.4. The third-order valence-corrected chi connectivity index (χ3v) is 5.37. The molecule has 1 fully saturated rings. The molecule has 27 heavy (non-hydrogen) atoms. The number of hydrogen-bond acceptors (Lipinski definition) is 7. The first kappa shape index (κ1) is 18.8. The lowest BCUT2D eigenvalue weighted by atomic mass is 10.2. The minimum absolute atomic E-state index is 0.0109. The third-order valence-electron chi connectivity index (χ3n) is 4.11. The average molecular weight is 386 g/mol. The average Bonchev–Trinajstić information content (AvgIpc) is 2.94. The van der Waals surface area contributed by atoms with Crippen molar-refractivity contribution in [3.63, 3.8) is 0 Å². The van der Waals surface area contributed by atoms with Gasteiger partial charge in [-0.05, 0) is 18.2 Å². The molecule has 1 aliphatic heterocycles. The Labute approximate surface area is 159 Å². The van der Waals surface area contributed by atoms with Crippen LogP contribution in [-0.2, 0) is 9.59 Å². The lowest BCUT2D eigenvalue weighted by molar-refractivity contribution is -0.255. The molecule has 1 saturated heterocycles. The number of rotatable bonds is 6. The first-order valence-electron chi connectivity index (χ1n) is 8.02. The number of thioether (sulfide) groups is 1. The van der Waals surface area contributed by atoms with Crippen LogP contribution in [0.25, 0.3) is 0 Å². The molecule has 0 N–H and O–H groups in total. The summed E-state index contributed by atoms with van der Waals surface area (Å²) in [5, 5.41) is 10.5. The molecule has 0 aromatic heterocycles. The van der Waals surface area contributed by atoms with E-state index in [1.54, 1.807) is 36.4 Å². The van der Waals surface area contributed by atoms with Gasteiger partial charge in [0, 0.05) is 22.9 Å². The summed E-state index contributed by atoms with van der Waals surface area (Å²) in [4.78, 5) is 38.1. The van der Waals surface area contributed by atoms with Crippen LogP contribution in [0.5, 0.6) is 11.5 Å². The Morgan fingerprint density at radius 2 is 1.89 bits per heavy atom. The fourth-order valence-electron chi connectivity index (χ4n) is 2.81. The van der Waals surface area contributed by atoms with E-state index in [1.165, 1.54) is 20.3 Å². The van der Waals surface area contributed by atoms with E-state index in [0.29, 0.717) is 22.1 Å². The van der Waals surface area contributed by atoms with E-state index in [0.717, 1.165) is 16.7 Å². The number of carbonyl (C=O) groups is 3. The molecular weight excluding hydrogens is 370 g/mol. The highest BCUT2D eigenvalue weighted by atomic mass is 32.2. The van der Waals surface area contributed by atoms with Gasteiger partial charge in [0.15, 0.2) is 0 Å². The van der Waals surface area contributed by atoms with Gasteiger partial charge in [0.05, 0.1) is 31.1 Å². The number of ether oxygens (including phenoxy) is 2. The Kier molecular flexibility index (Phi) is 5.36. The van der Waals surface area contributed by atoms with Crippen molar-refractivity contribution in [2.45, 2.75) is 16.6 Å². The Hall–Kier alpha value is -3.00. The van der Waals surface area contributed by atoms with Crippen LogP contribution < -0.4 is 19.5 Å². The van der Waals surface area contributed by atoms with Crippen molar-refractivity contribution in [2.75, 3.05) is 19.1 Å². The standard InChI is InChI=1S/C19H17NO6S/c1-25-11-7-8-13(14(9-11)26-2)20-17(21)10-16(18(20)22)27-15-6-4-3-5-12(15)19(23)24/h3-9,16H,10H2,1-2H3,(H,23,24)/p-1. The van der Waals surface area contributed by atoms with E-state index in [2.05, 4.69) is 0 Å². The van der Waals surface area contributed by atoms with Crippen molar-refractivity contribution in [1.29, 1.82) is 0 Å². The lowest BCUT2D eigenvalue weighted by Crippen LogP contribution is -2.31. The number of nitrogens with zero attached hydrogens (tertiary/aromatic N) is 1. The third kappa shape index (κ3) is 3.61. The van der Waals surface area contributed by atoms with Gasteiger partial charge in [-0.2, -0.15) is 0 Å². The van der Waals surface area contributed by atoms with Gasteiger partial charge in [0.25, 0.3) is 0 Å². The largest absolute Gasteiger partial charge is 0.545 e. The number of methoxy groups -OCH3 is 2. The summed E-state index contributed by atoms with van der Waals surface area (Å²) < 4.78 is 10.4. The molecule has 2 aromatic carbocycles. The van der Waals surface area contributed by atoms with E-state index in [-0.39, 0.29) is 17.9 Å². The number of aromatic carboxylic acids is 1. The van der Waals surface area contributed by atoms with Crippen LogP contribution in [0.2, 0.25) is 0 Å². The predicted octanol–water partition coefficient (Wildman–Crippen LogP) is 1.49. The van der Waals surface area contributed by atoms with E-state index in [1.807, 2.05) is 0 Å². The van der Waals surface area contributed by atoms with Crippen molar-refractivity contribution < 1.29 is 29.0 Å². The zero-order chi connectivity index (χ0) is 19.6. The molecule has 0 bridgehead atoms. The molecular formula is C19H16NO6S-. The monoisotopic (exact) mass is 386 g/mol. The number of amides is 2. The second-order valence-electron chi connectivity index (χ2n) is 5.70.